The average molecular weight is 263 g/mol. The molecule has 1 nitrogen and oxygen atoms in total. The van der Waals surface area contributed by atoms with Crippen molar-refractivity contribution in [2.75, 3.05) is 6.54 Å². The molecule has 0 saturated carbocycles. The highest BCUT2D eigenvalue weighted by atomic mass is 15.1. The van der Waals surface area contributed by atoms with Crippen molar-refractivity contribution >= 4 is 0 Å². The van der Waals surface area contributed by atoms with Crippen molar-refractivity contribution in [2.45, 2.75) is 38.1 Å². The predicted octanol–water partition coefficient (Wildman–Crippen LogP) is 4.49. The van der Waals surface area contributed by atoms with Crippen LogP contribution in [0, 0.1) is 0 Å². The third-order valence-corrected chi connectivity index (χ3v) is 5.25. The Kier molecular flexibility index (Phi) is 2.47. The molecule has 0 aromatic heterocycles. The normalized spacial score (nSPS) is 30.3. The van der Waals surface area contributed by atoms with E-state index in [1.54, 1.807) is 0 Å². The molecule has 0 saturated heterocycles. The van der Waals surface area contributed by atoms with Crippen LogP contribution in [-0.4, -0.2) is 11.4 Å². The number of hydrogen-bond donors (Lipinski definition) is 0. The molecule has 1 aromatic carbocycles. The fourth-order valence-corrected chi connectivity index (χ4v) is 4.27. The summed E-state index contributed by atoms with van der Waals surface area (Å²) in [6, 6.07) is 9.58. The number of fused-ring (bicyclic) bond motifs is 7. The number of nitrogens with zero attached hydrogens (tertiary/aromatic N) is 1. The summed E-state index contributed by atoms with van der Waals surface area (Å²) in [6.07, 6.45) is 11.7. The van der Waals surface area contributed by atoms with Gasteiger partial charge in [0.1, 0.15) is 0 Å². The minimum Gasteiger partial charge on any atom is -0.370 e. The molecule has 1 aliphatic heterocycles. The van der Waals surface area contributed by atoms with Gasteiger partial charge in [-0.05, 0) is 42.0 Å². The standard InChI is InChI=1S/C19H21N/c1-3-20-13-14-8-4-6-10-16(14)19(2)12-18(20)15-9-5-7-11-17(15)19/h4-5,7-11,13,18H,3,6,12H2,1-2H3. The Bertz CT molecular complexity index is 649. The Morgan fingerprint density at radius 2 is 2.15 bits per heavy atom. The van der Waals surface area contributed by atoms with Crippen molar-refractivity contribution in [1.29, 1.82) is 0 Å². The third-order valence-electron chi connectivity index (χ3n) is 5.25. The van der Waals surface area contributed by atoms with Gasteiger partial charge in [0.15, 0.2) is 0 Å². The zero-order chi connectivity index (χ0) is 13.7. The molecule has 0 radical (unpaired) electrons. The second kappa shape index (κ2) is 4.12. The van der Waals surface area contributed by atoms with E-state index in [0.29, 0.717) is 6.04 Å². The van der Waals surface area contributed by atoms with Crippen LogP contribution in [0.3, 0.4) is 0 Å². The first-order chi connectivity index (χ1) is 9.74. The summed E-state index contributed by atoms with van der Waals surface area (Å²) >= 11 is 0. The molecule has 2 bridgehead atoms. The first-order valence-electron chi connectivity index (χ1n) is 7.68. The first-order valence-corrected chi connectivity index (χ1v) is 7.68. The van der Waals surface area contributed by atoms with Crippen molar-refractivity contribution in [2.24, 2.45) is 0 Å². The Labute approximate surface area is 121 Å². The molecule has 1 heteroatoms. The summed E-state index contributed by atoms with van der Waals surface area (Å²) in [5.41, 5.74) is 6.20. The highest BCUT2D eigenvalue weighted by Crippen LogP contribution is 2.55. The van der Waals surface area contributed by atoms with Crippen LogP contribution in [0.15, 0.2) is 59.8 Å². The van der Waals surface area contributed by atoms with Gasteiger partial charge in [-0.2, -0.15) is 0 Å². The predicted molar refractivity (Wildman–Crippen MR) is 83.5 cm³/mol. The molecular weight excluding hydrogens is 242 g/mol. The molecule has 0 fully saturated rings. The summed E-state index contributed by atoms with van der Waals surface area (Å²) < 4.78 is 0. The molecule has 1 heterocycles. The fraction of sp³-hybridized carbons (Fsp3) is 0.368. The SMILES string of the molecule is CCN1C=C2C=CCC=C2C2(C)CC1c1ccccc12. The van der Waals surface area contributed by atoms with Crippen molar-refractivity contribution in [1.82, 2.24) is 4.90 Å². The molecule has 1 aromatic rings. The van der Waals surface area contributed by atoms with E-state index in [1.807, 2.05) is 0 Å². The number of allylic oxidation sites excluding steroid dienone is 5. The van der Waals surface area contributed by atoms with Gasteiger partial charge in [-0.1, -0.05) is 49.4 Å². The van der Waals surface area contributed by atoms with Gasteiger partial charge >= 0.3 is 0 Å². The molecule has 20 heavy (non-hydrogen) atoms. The lowest BCUT2D eigenvalue weighted by molar-refractivity contribution is 0.278. The second-order valence-corrected chi connectivity index (χ2v) is 6.31. The minimum atomic E-state index is 0.182. The van der Waals surface area contributed by atoms with Crippen LogP contribution in [0.4, 0.5) is 0 Å². The van der Waals surface area contributed by atoms with Crippen LogP contribution in [0.2, 0.25) is 0 Å². The van der Waals surface area contributed by atoms with E-state index in [9.17, 15) is 0 Å². The van der Waals surface area contributed by atoms with Crippen LogP contribution in [-0.2, 0) is 5.41 Å². The van der Waals surface area contributed by atoms with Gasteiger partial charge in [-0.25, -0.2) is 0 Å². The highest BCUT2D eigenvalue weighted by Gasteiger charge is 2.46. The Balaban J connectivity index is 1.99. The molecule has 2 unspecified atom stereocenters. The second-order valence-electron chi connectivity index (χ2n) is 6.31. The monoisotopic (exact) mass is 263 g/mol. The summed E-state index contributed by atoms with van der Waals surface area (Å²) in [5, 5.41) is 0. The van der Waals surface area contributed by atoms with Gasteiger partial charge in [0.2, 0.25) is 0 Å². The van der Waals surface area contributed by atoms with Gasteiger partial charge in [0.05, 0.1) is 6.04 Å². The maximum Gasteiger partial charge on any atom is 0.0551 e. The maximum atomic E-state index is 2.52. The van der Waals surface area contributed by atoms with Crippen molar-refractivity contribution in [3.8, 4) is 0 Å². The highest BCUT2D eigenvalue weighted by molar-refractivity contribution is 5.59. The molecule has 102 valence electrons. The molecule has 3 aliphatic rings. The Morgan fingerprint density at radius 1 is 1.30 bits per heavy atom. The molecule has 0 spiro atoms. The fourth-order valence-electron chi connectivity index (χ4n) is 4.27. The van der Waals surface area contributed by atoms with E-state index in [-0.39, 0.29) is 5.41 Å². The lowest BCUT2D eigenvalue weighted by atomic mass is 9.73. The van der Waals surface area contributed by atoms with Gasteiger partial charge in [0.25, 0.3) is 0 Å². The van der Waals surface area contributed by atoms with Crippen LogP contribution in [0.25, 0.3) is 0 Å². The molecule has 0 N–H and O–H groups in total. The van der Waals surface area contributed by atoms with E-state index >= 15 is 0 Å². The summed E-state index contributed by atoms with van der Waals surface area (Å²) in [5.74, 6) is 0. The van der Waals surface area contributed by atoms with E-state index < -0.39 is 0 Å². The van der Waals surface area contributed by atoms with Gasteiger partial charge in [0, 0.05) is 18.2 Å². The van der Waals surface area contributed by atoms with Crippen LogP contribution in [0.1, 0.15) is 43.9 Å². The third kappa shape index (κ3) is 1.44. The van der Waals surface area contributed by atoms with Crippen LogP contribution >= 0.6 is 0 Å². The summed E-state index contributed by atoms with van der Waals surface area (Å²) in [4.78, 5) is 2.52. The molecule has 0 amide bonds. The summed E-state index contributed by atoms with van der Waals surface area (Å²) in [6.45, 7) is 5.76. The van der Waals surface area contributed by atoms with Gasteiger partial charge in [-0.3, -0.25) is 0 Å². The lowest BCUT2D eigenvalue weighted by Crippen LogP contribution is -2.23. The Hall–Kier alpha value is -1.76. The van der Waals surface area contributed by atoms with E-state index in [4.69, 9.17) is 0 Å². The van der Waals surface area contributed by atoms with Gasteiger partial charge < -0.3 is 4.90 Å². The number of hydrogen-bond acceptors (Lipinski definition) is 1. The molecule has 2 atom stereocenters. The quantitative estimate of drug-likeness (QED) is 0.721. The van der Waals surface area contributed by atoms with Crippen LogP contribution < -0.4 is 0 Å². The summed E-state index contributed by atoms with van der Waals surface area (Å²) in [7, 11) is 0. The molecule has 2 aliphatic carbocycles. The number of benzene rings is 1. The van der Waals surface area contributed by atoms with E-state index in [0.717, 1.165) is 13.0 Å². The average Bonchev–Trinajstić information content (AvgIpc) is 2.72. The minimum absolute atomic E-state index is 0.182. The Morgan fingerprint density at radius 3 is 3.00 bits per heavy atom. The smallest absolute Gasteiger partial charge is 0.0551 e. The van der Waals surface area contributed by atoms with Crippen LogP contribution in [0.5, 0.6) is 0 Å². The molecular formula is C19H21N. The van der Waals surface area contributed by atoms with Gasteiger partial charge in [-0.15, -0.1) is 0 Å². The maximum absolute atomic E-state index is 2.52. The molecule has 4 rings (SSSR count). The lowest BCUT2D eigenvalue weighted by Gasteiger charge is -2.30. The van der Waals surface area contributed by atoms with E-state index in [2.05, 4.69) is 67.4 Å². The first kappa shape index (κ1) is 12.0. The largest absolute Gasteiger partial charge is 0.370 e. The zero-order valence-electron chi connectivity index (χ0n) is 12.3. The van der Waals surface area contributed by atoms with Crippen molar-refractivity contribution < 1.29 is 0 Å². The van der Waals surface area contributed by atoms with Crippen molar-refractivity contribution in [3.63, 3.8) is 0 Å². The van der Waals surface area contributed by atoms with E-state index in [1.165, 1.54) is 28.7 Å². The topological polar surface area (TPSA) is 3.24 Å². The zero-order valence-corrected chi connectivity index (χ0v) is 12.3. The van der Waals surface area contributed by atoms with Crippen molar-refractivity contribution in [3.05, 3.63) is 71.0 Å². The number of rotatable bonds is 1.